The number of methoxy groups -OCH3 is 1. The number of aliphatic hydroxyl groups excluding tert-OH is 3. The molecule has 1 aliphatic carbocycles. The van der Waals surface area contributed by atoms with Crippen LogP contribution in [0.2, 0.25) is 0 Å². The highest BCUT2D eigenvalue weighted by atomic mass is 16.6. The number of hydrogen-bond acceptors (Lipinski definition) is 13. The lowest BCUT2D eigenvalue weighted by atomic mass is 9.79. The van der Waals surface area contributed by atoms with Gasteiger partial charge < -0.3 is 44.3 Å². The molecule has 0 aromatic heterocycles. The first-order valence-corrected chi connectivity index (χ1v) is 24.6. The van der Waals surface area contributed by atoms with Crippen LogP contribution >= 0.6 is 0 Å². The van der Waals surface area contributed by atoms with Crippen molar-refractivity contribution in [1.82, 2.24) is 4.90 Å². The first-order valence-electron chi connectivity index (χ1n) is 24.6. The Labute approximate surface area is 393 Å². The SMILES string of the molecule is CO[C@H]1C[C@@H]2CC[C@@H](C)[C@@](O)(O2)C(=O)C(=O)N2CCCC[C@H]2C(=O)O[C@H]([C@H](C)C[C@@H]2CCC[C@H](OCC(O)CO)C2)CC(=O)[C@H](C)/C=C(\C)[C@@H](O)CC(=O)[C@H](C)C[C@H](C)/C=C/C=C/C=C/1C. The minimum Gasteiger partial charge on any atom is -0.460 e. The Morgan fingerprint density at radius 2 is 1.62 bits per heavy atom. The van der Waals surface area contributed by atoms with Crippen LogP contribution in [0.15, 0.2) is 47.6 Å². The van der Waals surface area contributed by atoms with Crippen molar-refractivity contribution >= 4 is 29.2 Å². The fraction of sp³-hybridized carbons (Fsp3) is 0.750. The average molecular weight is 928 g/mol. The van der Waals surface area contributed by atoms with Crippen LogP contribution in [-0.4, -0.2) is 130 Å². The molecule has 3 heterocycles. The summed E-state index contributed by atoms with van der Waals surface area (Å²) in [4.78, 5) is 71.4. The van der Waals surface area contributed by atoms with Crippen molar-refractivity contribution < 1.29 is 63.3 Å². The van der Waals surface area contributed by atoms with Crippen LogP contribution in [-0.2, 0) is 42.9 Å². The molecular weight excluding hydrogens is 847 g/mol. The standard InChI is InChI=1S/C52H81NO13/c1-32-15-10-9-11-16-33(2)47(63-8)27-42-21-20-38(7)52(62,66-42)49(59)50(60)53-22-13-12-19-43(53)51(61)65-48(37(6)25-39-17-14-18-41(26-39)64-31-40(55)30-54)29-46(58)36(5)24-35(4)45(57)28-44(56)34(3)23-32/h9-11,15-16,24,32,34,36-43,45,47-48,54-55,57,62H,12-14,17-23,25-31H2,1-8H3/b11-9+,15-10+,33-16+,35-24+/t32-,34-,36-,37-,38-,39+,40?,41+,42+,43+,45+,47+,48+,52-/m1/s1. The van der Waals surface area contributed by atoms with Crippen LogP contribution in [0.1, 0.15) is 138 Å². The van der Waals surface area contributed by atoms with Gasteiger partial charge in [0.1, 0.15) is 29.8 Å². The normalized spacial score (nSPS) is 38.2. The second kappa shape index (κ2) is 26.4. The maximum absolute atomic E-state index is 14.4. The lowest BCUT2D eigenvalue weighted by Gasteiger charge is -2.42. The molecule has 4 rings (SSSR count). The topological polar surface area (TPSA) is 206 Å². The molecule has 14 heteroatoms. The molecule has 0 spiro atoms. The molecule has 1 unspecified atom stereocenters. The van der Waals surface area contributed by atoms with Crippen molar-refractivity contribution in [3.05, 3.63) is 47.6 Å². The Morgan fingerprint density at radius 3 is 2.33 bits per heavy atom. The fourth-order valence-electron chi connectivity index (χ4n) is 10.0. The van der Waals surface area contributed by atoms with Gasteiger partial charge in [-0.3, -0.25) is 19.2 Å². The minimum absolute atomic E-state index is 0.0211. The van der Waals surface area contributed by atoms with Gasteiger partial charge in [-0.05, 0) is 101 Å². The van der Waals surface area contributed by atoms with Crippen molar-refractivity contribution in [3.63, 3.8) is 0 Å². The molecule has 4 aliphatic rings. The molecule has 66 heavy (non-hydrogen) atoms. The third-order valence-corrected chi connectivity index (χ3v) is 14.5. The maximum Gasteiger partial charge on any atom is 0.329 e. The van der Waals surface area contributed by atoms with Crippen LogP contribution in [0.5, 0.6) is 0 Å². The number of fused-ring (bicyclic) bond motifs is 3. The van der Waals surface area contributed by atoms with Gasteiger partial charge in [0.05, 0.1) is 37.6 Å². The number of ether oxygens (including phenoxy) is 4. The summed E-state index contributed by atoms with van der Waals surface area (Å²) in [5.74, 6) is -7.42. The van der Waals surface area contributed by atoms with Crippen molar-refractivity contribution in [2.75, 3.05) is 26.9 Å². The van der Waals surface area contributed by atoms with E-state index in [4.69, 9.17) is 18.9 Å². The van der Waals surface area contributed by atoms with E-state index in [1.807, 2.05) is 58.1 Å². The third-order valence-electron chi connectivity index (χ3n) is 14.5. The number of nitrogens with zero attached hydrogens (tertiary/aromatic N) is 1. The number of hydrogen-bond donors (Lipinski definition) is 4. The van der Waals surface area contributed by atoms with E-state index in [1.54, 1.807) is 34.0 Å². The molecule has 1 saturated carbocycles. The summed E-state index contributed by atoms with van der Waals surface area (Å²) < 4.78 is 24.2. The molecule has 14 atom stereocenters. The summed E-state index contributed by atoms with van der Waals surface area (Å²) in [6.45, 7) is 12.5. The predicted molar refractivity (Wildman–Crippen MR) is 250 cm³/mol. The van der Waals surface area contributed by atoms with E-state index in [0.29, 0.717) is 56.9 Å². The highest BCUT2D eigenvalue weighted by Gasteiger charge is 2.53. The van der Waals surface area contributed by atoms with Crippen molar-refractivity contribution in [2.24, 2.45) is 35.5 Å². The number of carbonyl (C=O) groups is 5. The molecule has 2 bridgehead atoms. The summed E-state index contributed by atoms with van der Waals surface area (Å²) >= 11 is 0. The number of ketones is 3. The summed E-state index contributed by atoms with van der Waals surface area (Å²) in [6, 6.07) is -1.13. The fourth-order valence-corrected chi connectivity index (χ4v) is 10.0. The lowest BCUT2D eigenvalue weighted by Crippen LogP contribution is -2.61. The van der Waals surface area contributed by atoms with Gasteiger partial charge in [0.15, 0.2) is 0 Å². The van der Waals surface area contributed by atoms with Crippen LogP contribution in [0, 0.1) is 35.5 Å². The van der Waals surface area contributed by atoms with Gasteiger partial charge in [-0.15, -0.1) is 0 Å². The second-order valence-electron chi connectivity index (χ2n) is 20.1. The van der Waals surface area contributed by atoms with Crippen LogP contribution in [0.4, 0.5) is 0 Å². The number of amides is 1. The van der Waals surface area contributed by atoms with E-state index >= 15 is 0 Å². The maximum atomic E-state index is 14.4. The monoisotopic (exact) mass is 928 g/mol. The van der Waals surface area contributed by atoms with Crippen LogP contribution in [0.25, 0.3) is 0 Å². The van der Waals surface area contributed by atoms with E-state index < -0.39 is 78.5 Å². The Balaban J connectivity index is 1.65. The zero-order valence-corrected chi connectivity index (χ0v) is 40.9. The molecule has 3 aliphatic heterocycles. The number of esters is 1. The zero-order valence-electron chi connectivity index (χ0n) is 40.9. The molecule has 3 fully saturated rings. The molecule has 0 radical (unpaired) electrons. The smallest absolute Gasteiger partial charge is 0.329 e. The van der Waals surface area contributed by atoms with Gasteiger partial charge in [-0.25, -0.2) is 4.79 Å². The quantitative estimate of drug-likeness (QED) is 0.120. The predicted octanol–water partition coefficient (Wildman–Crippen LogP) is 6.31. The highest BCUT2D eigenvalue weighted by Crippen LogP contribution is 2.38. The van der Waals surface area contributed by atoms with Gasteiger partial charge >= 0.3 is 5.97 Å². The van der Waals surface area contributed by atoms with Gasteiger partial charge in [0.25, 0.3) is 11.7 Å². The molecular formula is C52H81NO13. The van der Waals surface area contributed by atoms with Crippen molar-refractivity contribution in [1.29, 1.82) is 0 Å². The third kappa shape index (κ3) is 15.8. The Morgan fingerprint density at radius 1 is 0.879 bits per heavy atom. The van der Waals surface area contributed by atoms with Gasteiger partial charge in [-0.1, -0.05) is 83.9 Å². The van der Waals surface area contributed by atoms with E-state index in [1.165, 1.54) is 4.90 Å². The molecule has 1 amide bonds. The number of cyclic esters (lactones) is 1. The highest BCUT2D eigenvalue weighted by molar-refractivity contribution is 6.39. The van der Waals surface area contributed by atoms with E-state index in [0.717, 1.165) is 24.8 Å². The Hall–Kier alpha value is -3.37. The number of piperidine rings is 1. The number of allylic oxidation sites excluding steroid dienone is 6. The Kier molecular flexibility index (Phi) is 22.1. The van der Waals surface area contributed by atoms with Crippen molar-refractivity contribution in [3.8, 4) is 0 Å². The summed E-state index contributed by atoms with van der Waals surface area (Å²) in [7, 11) is 1.58. The van der Waals surface area contributed by atoms with E-state index in [2.05, 4.69) is 0 Å². The summed E-state index contributed by atoms with van der Waals surface area (Å²) in [6.07, 6.45) is 14.0. The molecule has 0 aromatic rings. The second-order valence-corrected chi connectivity index (χ2v) is 20.1. The van der Waals surface area contributed by atoms with Gasteiger partial charge in [0, 0.05) is 50.7 Å². The minimum atomic E-state index is -2.43. The zero-order chi connectivity index (χ0) is 48.7. The molecule has 0 aromatic carbocycles. The number of Topliss-reactive ketones (excluding diaryl/α,β-unsaturated/α-hetero) is 3. The number of rotatable bonds is 8. The van der Waals surface area contributed by atoms with E-state index in [-0.39, 0.29) is 73.8 Å². The number of aliphatic hydroxyl groups is 4. The molecule has 2 saturated heterocycles. The number of carbonyl (C=O) groups excluding carboxylic acids is 5. The van der Waals surface area contributed by atoms with Crippen LogP contribution in [0.3, 0.4) is 0 Å². The first kappa shape index (κ1) is 55.2. The van der Waals surface area contributed by atoms with Crippen molar-refractivity contribution in [2.45, 2.75) is 187 Å². The lowest BCUT2D eigenvalue weighted by molar-refractivity contribution is -0.265. The average Bonchev–Trinajstić information content (AvgIpc) is 3.29. The van der Waals surface area contributed by atoms with E-state index in [9.17, 15) is 44.4 Å². The molecule has 372 valence electrons. The summed E-state index contributed by atoms with van der Waals surface area (Å²) in [5.41, 5.74) is 1.38. The molecule has 14 nitrogen and oxygen atoms in total. The molecule has 4 N–H and O–H groups in total. The first-order chi connectivity index (χ1) is 31.3. The Bertz CT molecular complexity index is 1760. The van der Waals surface area contributed by atoms with Gasteiger partial charge in [0.2, 0.25) is 5.79 Å². The van der Waals surface area contributed by atoms with Crippen LogP contribution < -0.4 is 0 Å². The van der Waals surface area contributed by atoms with Gasteiger partial charge in [-0.2, -0.15) is 0 Å². The largest absolute Gasteiger partial charge is 0.460 e. The summed E-state index contributed by atoms with van der Waals surface area (Å²) in [5, 5.41) is 42.2.